The quantitative estimate of drug-likeness (QED) is 0.148. The topological polar surface area (TPSA) is 78.8 Å². The SMILES string of the molecule is C=CC(=O)N1C[C@H]2C[C@@H](C1)C2Oc1cc(C(=NC)Nc2ccc(Cl)c(Cl)c2F)c(N=C)cc1OCCN1CCCCC1. The fourth-order valence-electron chi connectivity index (χ4n) is 6.03. The van der Waals surface area contributed by atoms with Gasteiger partial charge in [0.25, 0.3) is 0 Å². The standard InChI is InChI=1S/C31H36Cl2FN5O3/c1-4-27(40)39-17-19-14-20(18-39)30(19)42-26-15-21(31(36-3)37-23-9-8-22(32)28(33)29(23)34)24(35-2)16-25(26)41-13-12-38-10-6-5-7-11-38/h4,8-9,15-16,19-20,30H,1-2,5-7,10-14,17-18H2,3H3,(H,36,37)/t19-,20+,30?. The summed E-state index contributed by atoms with van der Waals surface area (Å²) in [5.41, 5.74) is 1.18. The molecule has 8 nitrogen and oxygen atoms in total. The number of benzene rings is 2. The van der Waals surface area contributed by atoms with Gasteiger partial charge in [0.1, 0.15) is 18.5 Å². The van der Waals surface area contributed by atoms with Crippen LogP contribution in [0.4, 0.5) is 15.8 Å². The van der Waals surface area contributed by atoms with Crippen molar-refractivity contribution in [2.24, 2.45) is 21.8 Å². The minimum absolute atomic E-state index is 0.0574. The number of amides is 1. The molecule has 0 radical (unpaired) electrons. The molecule has 4 fully saturated rings. The number of halogens is 3. The third kappa shape index (κ3) is 6.43. The van der Waals surface area contributed by atoms with Gasteiger partial charge < -0.3 is 19.7 Å². The van der Waals surface area contributed by atoms with Crippen molar-refractivity contribution in [2.45, 2.75) is 31.8 Å². The molecule has 11 heteroatoms. The van der Waals surface area contributed by atoms with Crippen LogP contribution in [0, 0.1) is 17.7 Å². The Labute approximate surface area is 256 Å². The number of rotatable bonds is 10. The molecular formula is C31H36Cl2FN5O3. The van der Waals surface area contributed by atoms with Gasteiger partial charge in [0.15, 0.2) is 17.3 Å². The molecule has 2 bridgehead atoms. The highest BCUT2D eigenvalue weighted by Crippen LogP contribution is 2.45. The first-order chi connectivity index (χ1) is 20.3. The van der Waals surface area contributed by atoms with Gasteiger partial charge >= 0.3 is 0 Å². The molecular weight excluding hydrogens is 580 g/mol. The van der Waals surface area contributed by atoms with E-state index >= 15 is 0 Å². The van der Waals surface area contributed by atoms with Gasteiger partial charge in [-0.1, -0.05) is 36.2 Å². The molecule has 42 heavy (non-hydrogen) atoms. The monoisotopic (exact) mass is 615 g/mol. The summed E-state index contributed by atoms with van der Waals surface area (Å²) < 4.78 is 27.8. The number of anilines is 1. The van der Waals surface area contributed by atoms with Crippen LogP contribution in [-0.2, 0) is 4.79 Å². The molecule has 3 heterocycles. The second-order valence-electron chi connectivity index (χ2n) is 10.9. The molecule has 3 aliphatic heterocycles. The number of hydrogen-bond donors (Lipinski definition) is 1. The number of piperidine rings is 3. The lowest BCUT2D eigenvalue weighted by Crippen LogP contribution is -2.61. The molecule has 1 aliphatic carbocycles. The molecule has 4 aliphatic rings. The van der Waals surface area contributed by atoms with Gasteiger partial charge in [-0.25, -0.2) is 4.39 Å². The van der Waals surface area contributed by atoms with E-state index in [0.717, 1.165) is 26.1 Å². The van der Waals surface area contributed by atoms with Crippen molar-refractivity contribution in [2.75, 3.05) is 51.7 Å². The number of carbonyl (C=O) groups is 1. The summed E-state index contributed by atoms with van der Waals surface area (Å²) in [5, 5.41) is 2.96. The number of carbonyl (C=O) groups excluding carboxylic acids is 1. The Balaban J connectivity index is 1.42. The van der Waals surface area contributed by atoms with Gasteiger partial charge in [-0.3, -0.25) is 19.7 Å². The maximum absolute atomic E-state index is 14.9. The number of fused-ring (bicyclic) bond motifs is 2. The Morgan fingerprint density at radius 1 is 1.17 bits per heavy atom. The largest absolute Gasteiger partial charge is 0.488 e. The van der Waals surface area contributed by atoms with E-state index in [9.17, 15) is 9.18 Å². The van der Waals surface area contributed by atoms with Crippen LogP contribution in [0.2, 0.25) is 10.0 Å². The number of hydrogen-bond acceptors (Lipinski definition) is 6. The Hall–Kier alpha value is -3.14. The highest BCUT2D eigenvalue weighted by atomic mass is 35.5. The lowest BCUT2D eigenvalue weighted by Gasteiger charge is -2.52. The van der Waals surface area contributed by atoms with Crippen molar-refractivity contribution < 1.29 is 18.7 Å². The third-order valence-corrected chi connectivity index (χ3v) is 9.09. The Bertz CT molecular complexity index is 1370. The summed E-state index contributed by atoms with van der Waals surface area (Å²) >= 11 is 12.0. The molecule has 2 aromatic carbocycles. The number of nitrogens with zero attached hydrogens (tertiary/aromatic N) is 4. The van der Waals surface area contributed by atoms with Crippen LogP contribution in [0.15, 0.2) is 46.9 Å². The van der Waals surface area contributed by atoms with Gasteiger partial charge in [0, 0.05) is 50.1 Å². The highest BCUT2D eigenvalue weighted by molar-refractivity contribution is 6.42. The van der Waals surface area contributed by atoms with E-state index in [4.69, 9.17) is 32.7 Å². The van der Waals surface area contributed by atoms with Crippen LogP contribution in [0.5, 0.6) is 11.5 Å². The second-order valence-corrected chi connectivity index (χ2v) is 11.7. The van der Waals surface area contributed by atoms with E-state index in [1.807, 2.05) is 11.0 Å². The number of nitrogens with one attached hydrogen (secondary N) is 1. The molecule has 2 aromatic rings. The first-order valence-electron chi connectivity index (χ1n) is 14.3. The zero-order valence-electron chi connectivity index (χ0n) is 23.8. The molecule has 1 unspecified atom stereocenters. The lowest BCUT2D eigenvalue weighted by atomic mass is 9.68. The number of aliphatic imine (C=N–C) groups is 2. The van der Waals surface area contributed by atoms with Crippen molar-refractivity contribution in [1.29, 1.82) is 0 Å². The van der Waals surface area contributed by atoms with Crippen molar-refractivity contribution in [3.8, 4) is 11.5 Å². The van der Waals surface area contributed by atoms with Crippen molar-refractivity contribution in [3.63, 3.8) is 0 Å². The Morgan fingerprint density at radius 3 is 2.57 bits per heavy atom. The first-order valence-corrected chi connectivity index (χ1v) is 15.0. The van der Waals surface area contributed by atoms with Crippen LogP contribution in [0.3, 0.4) is 0 Å². The average Bonchev–Trinajstić information content (AvgIpc) is 3.02. The minimum Gasteiger partial charge on any atom is -0.488 e. The van der Waals surface area contributed by atoms with Gasteiger partial charge in [-0.15, -0.1) is 0 Å². The Morgan fingerprint density at radius 2 is 1.90 bits per heavy atom. The summed E-state index contributed by atoms with van der Waals surface area (Å²) in [6.45, 7) is 12.1. The fraction of sp³-hybridized carbons (Fsp3) is 0.452. The van der Waals surface area contributed by atoms with E-state index in [2.05, 4.69) is 33.5 Å². The number of amidine groups is 1. The average molecular weight is 617 g/mol. The summed E-state index contributed by atoms with van der Waals surface area (Å²) in [6.07, 6.45) is 5.96. The molecule has 1 amide bonds. The second kappa shape index (κ2) is 13.4. The van der Waals surface area contributed by atoms with Crippen LogP contribution in [-0.4, -0.2) is 80.7 Å². The van der Waals surface area contributed by atoms with E-state index in [1.54, 1.807) is 13.1 Å². The van der Waals surface area contributed by atoms with Crippen LogP contribution >= 0.6 is 23.2 Å². The maximum Gasteiger partial charge on any atom is 0.245 e. The predicted octanol–water partition coefficient (Wildman–Crippen LogP) is 6.23. The summed E-state index contributed by atoms with van der Waals surface area (Å²) in [6, 6.07) is 6.61. The van der Waals surface area contributed by atoms with Gasteiger partial charge in [0.05, 0.1) is 21.4 Å². The zero-order chi connectivity index (χ0) is 29.8. The molecule has 6 rings (SSSR count). The van der Waals surface area contributed by atoms with Gasteiger partial charge in [-0.05, 0) is 63.3 Å². The van der Waals surface area contributed by atoms with Crippen molar-refractivity contribution >= 4 is 53.0 Å². The fourth-order valence-corrected chi connectivity index (χ4v) is 6.34. The highest BCUT2D eigenvalue weighted by Gasteiger charge is 2.49. The Kier molecular flexibility index (Phi) is 9.70. The van der Waals surface area contributed by atoms with Crippen LogP contribution in [0.25, 0.3) is 0 Å². The number of ether oxygens (including phenoxy) is 2. The van der Waals surface area contributed by atoms with E-state index < -0.39 is 5.82 Å². The molecule has 1 N–H and O–H groups in total. The summed E-state index contributed by atoms with van der Waals surface area (Å²) in [4.78, 5) is 25.0. The van der Waals surface area contributed by atoms with E-state index in [1.165, 1.54) is 37.5 Å². The van der Waals surface area contributed by atoms with Gasteiger partial charge in [-0.2, -0.15) is 0 Å². The predicted molar refractivity (Wildman–Crippen MR) is 167 cm³/mol. The molecule has 224 valence electrons. The smallest absolute Gasteiger partial charge is 0.245 e. The molecule has 3 saturated heterocycles. The zero-order valence-corrected chi connectivity index (χ0v) is 25.3. The molecule has 3 atom stereocenters. The van der Waals surface area contributed by atoms with Crippen molar-refractivity contribution in [1.82, 2.24) is 9.80 Å². The van der Waals surface area contributed by atoms with Gasteiger partial charge in [0.2, 0.25) is 5.91 Å². The van der Waals surface area contributed by atoms with Crippen molar-refractivity contribution in [3.05, 3.63) is 58.3 Å². The van der Waals surface area contributed by atoms with E-state index in [0.29, 0.717) is 48.3 Å². The first kappa shape index (κ1) is 30.3. The lowest BCUT2D eigenvalue weighted by molar-refractivity contribution is -0.142. The normalized spacial score (nSPS) is 22.2. The summed E-state index contributed by atoms with van der Waals surface area (Å²) in [7, 11) is 1.59. The van der Waals surface area contributed by atoms with Crippen LogP contribution < -0.4 is 14.8 Å². The summed E-state index contributed by atoms with van der Waals surface area (Å²) in [5.74, 6) is 1.10. The minimum atomic E-state index is -0.687. The maximum atomic E-state index is 14.9. The molecule has 0 aromatic heterocycles. The van der Waals surface area contributed by atoms with E-state index in [-0.39, 0.29) is 39.6 Å². The van der Waals surface area contributed by atoms with Crippen LogP contribution in [0.1, 0.15) is 31.2 Å². The third-order valence-electron chi connectivity index (χ3n) is 8.31. The molecule has 1 saturated carbocycles. The number of likely N-dealkylation sites (tertiary alicyclic amines) is 1. The molecule has 0 spiro atoms.